The molecule has 5 nitrogen and oxygen atoms in total. The summed E-state index contributed by atoms with van der Waals surface area (Å²) in [6.07, 6.45) is 0.149. The minimum absolute atomic E-state index is 0.233. The molecule has 1 rings (SSSR count). The zero-order chi connectivity index (χ0) is 10.8. The fourth-order valence-corrected chi connectivity index (χ4v) is 1.93. The quantitative estimate of drug-likeness (QED) is 0.603. The molecule has 80 valence electrons. The summed E-state index contributed by atoms with van der Waals surface area (Å²) >= 11 is 0. The van der Waals surface area contributed by atoms with E-state index in [4.69, 9.17) is 14.7 Å². The van der Waals surface area contributed by atoms with E-state index in [0.29, 0.717) is 0 Å². The summed E-state index contributed by atoms with van der Waals surface area (Å²) in [6.45, 7) is 1.61. The van der Waals surface area contributed by atoms with Gasteiger partial charge in [0.25, 0.3) is 6.26 Å². The second kappa shape index (κ2) is 4.13. The van der Waals surface area contributed by atoms with E-state index in [1.165, 1.54) is 7.11 Å². The van der Waals surface area contributed by atoms with Gasteiger partial charge in [-0.2, -0.15) is 5.26 Å². The Hall–Kier alpha value is -0.830. The molecule has 0 saturated heterocycles. The highest BCUT2D eigenvalue weighted by Gasteiger charge is 2.43. The minimum atomic E-state index is -1.00. The van der Waals surface area contributed by atoms with Gasteiger partial charge < -0.3 is 19.7 Å². The molecule has 4 atom stereocenters. The van der Waals surface area contributed by atoms with Crippen LogP contribution in [0.4, 0.5) is 0 Å². The van der Waals surface area contributed by atoms with E-state index >= 15 is 0 Å². The van der Waals surface area contributed by atoms with Crippen LogP contribution in [0, 0.1) is 11.5 Å². The highest BCUT2D eigenvalue weighted by molar-refractivity contribution is 4.95. The Labute approximate surface area is 82.9 Å². The van der Waals surface area contributed by atoms with Crippen LogP contribution in [0.25, 0.3) is 0 Å². The zero-order valence-electron chi connectivity index (χ0n) is 8.30. The average Bonchev–Trinajstić information content (AvgIpc) is 2.02. The van der Waals surface area contributed by atoms with Crippen molar-refractivity contribution in [2.24, 2.45) is 0 Å². The van der Waals surface area contributed by atoms with Gasteiger partial charge >= 0.3 is 0 Å². The lowest BCUT2D eigenvalue weighted by atomic mass is 9.81. The molecular weight excluding hydrogens is 186 g/mol. The van der Waals surface area contributed by atoms with Gasteiger partial charge in [0.2, 0.25) is 0 Å². The van der Waals surface area contributed by atoms with Gasteiger partial charge in [0.05, 0.1) is 11.7 Å². The molecule has 0 aliphatic heterocycles. The molecule has 0 aromatic rings. The molecule has 1 unspecified atom stereocenters. The fourth-order valence-electron chi connectivity index (χ4n) is 1.93. The van der Waals surface area contributed by atoms with Crippen LogP contribution in [0.1, 0.15) is 19.8 Å². The van der Waals surface area contributed by atoms with Gasteiger partial charge in [-0.3, -0.25) is 0 Å². The Kier molecular flexibility index (Phi) is 3.32. The molecule has 14 heavy (non-hydrogen) atoms. The first-order valence-electron chi connectivity index (χ1n) is 4.48. The van der Waals surface area contributed by atoms with Crippen molar-refractivity contribution < 1.29 is 19.7 Å². The SMILES string of the molecule is CO[C@@H]1[C@H](O)CC(C)(O)C[C@H]1OC#N. The van der Waals surface area contributed by atoms with Crippen LogP contribution in [0.2, 0.25) is 0 Å². The maximum absolute atomic E-state index is 9.75. The van der Waals surface area contributed by atoms with Crippen LogP contribution >= 0.6 is 0 Å². The predicted octanol–water partition coefficient (Wildman–Crippen LogP) is -0.227. The van der Waals surface area contributed by atoms with Gasteiger partial charge in [-0.1, -0.05) is 0 Å². The molecule has 0 spiro atoms. The van der Waals surface area contributed by atoms with E-state index in [2.05, 4.69) is 0 Å². The van der Waals surface area contributed by atoms with E-state index in [-0.39, 0.29) is 12.8 Å². The van der Waals surface area contributed by atoms with E-state index in [1.807, 2.05) is 0 Å². The van der Waals surface area contributed by atoms with Crippen molar-refractivity contribution in [1.29, 1.82) is 5.26 Å². The normalized spacial score (nSPS) is 42.9. The van der Waals surface area contributed by atoms with E-state index in [9.17, 15) is 10.2 Å². The molecule has 1 saturated carbocycles. The van der Waals surface area contributed by atoms with Crippen LogP contribution in [0.15, 0.2) is 0 Å². The van der Waals surface area contributed by atoms with Gasteiger partial charge in [0.1, 0.15) is 12.2 Å². The molecule has 2 N–H and O–H groups in total. The summed E-state index contributed by atoms with van der Waals surface area (Å²) in [7, 11) is 1.45. The van der Waals surface area contributed by atoms with Crippen molar-refractivity contribution in [2.45, 2.75) is 43.7 Å². The molecule has 1 aliphatic carbocycles. The van der Waals surface area contributed by atoms with Crippen LogP contribution in [-0.4, -0.2) is 41.2 Å². The van der Waals surface area contributed by atoms with Crippen molar-refractivity contribution in [3.63, 3.8) is 0 Å². The summed E-state index contributed by atoms with van der Waals surface area (Å²) in [5.41, 5.74) is -1.00. The van der Waals surface area contributed by atoms with Gasteiger partial charge in [0.15, 0.2) is 0 Å². The maximum Gasteiger partial charge on any atom is 0.286 e. The largest absolute Gasteiger partial charge is 0.421 e. The number of hydrogen-bond donors (Lipinski definition) is 2. The monoisotopic (exact) mass is 201 g/mol. The number of hydrogen-bond acceptors (Lipinski definition) is 5. The molecule has 1 fully saturated rings. The topological polar surface area (TPSA) is 82.7 Å². The second-order valence-corrected chi connectivity index (χ2v) is 3.92. The highest BCUT2D eigenvalue weighted by atomic mass is 16.5. The number of rotatable bonds is 2. The van der Waals surface area contributed by atoms with Crippen molar-refractivity contribution in [2.75, 3.05) is 7.11 Å². The van der Waals surface area contributed by atoms with Crippen LogP contribution in [0.3, 0.4) is 0 Å². The molecular formula is C9H15NO4. The molecule has 1 aliphatic rings. The lowest BCUT2D eigenvalue weighted by molar-refractivity contribution is -0.158. The third-order valence-corrected chi connectivity index (χ3v) is 2.51. The third-order valence-electron chi connectivity index (χ3n) is 2.51. The van der Waals surface area contributed by atoms with Crippen LogP contribution in [-0.2, 0) is 9.47 Å². The average molecular weight is 201 g/mol. The Morgan fingerprint density at radius 1 is 1.50 bits per heavy atom. The smallest absolute Gasteiger partial charge is 0.286 e. The Morgan fingerprint density at radius 2 is 2.14 bits per heavy atom. The Morgan fingerprint density at radius 3 is 2.64 bits per heavy atom. The standard InChI is InChI=1S/C9H15NO4/c1-9(12)3-6(11)8(13-2)7(4-9)14-5-10/h6-8,11-12H,3-4H2,1-2H3/t6-,7-,8-,9?/m1/s1. The summed E-state index contributed by atoms with van der Waals surface area (Å²) in [4.78, 5) is 0. The summed E-state index contributed by atoms with van der Waals surface area (Å²) < 4.78 is 9.78. The first-order chi connectivity index (χ1) is 6.50. The Balaban J connectivity index is 2.73. The maximum atomic E-state index is 9.75. The van der Waals surface area contributed by atoms with Crippen molar-refractivity contribution in [3.8, 4) is 6.26 Å². The number of aliphatic hydroxyl groups excluding tert-OH is 1. The number of nitriles is 1. The fraction of sp³-hybridized carbons (Fsp3) is 0.889. The van der Waals surface area contributed by atoms with Crippen molar-refractivity contribution >= 4 is 0 Å². The molecule has 0 amide bonds. The first kappa shape index (κ1) is 11.2. The van der Waals surface area contributed by atoms with Crippen LogP contribution in [0.5, 0.6) is 0 Å². The molecule has 0 radical (unpaired) electrons. The molecule has 5 heteroatoms. The minimum Gasteiger partial charge on any atom is -0.421 e. The van der Waals surface area contributed by atoms with Crippen molar-refractivity contribution in [1.82, 2.24) is 0 Å². The van der Waals surface area contributed by atoms with E-state index < -0.39 is 23.9 Å². The van der Waals surface area contributed by atoms with Gasteiger partial charge in [-0.05, 0) is 6.92 Å². The van der Waals surface area contributed by atoms with Crippen molar-refractivity contribution in [3.05, 3.63) is 0 Å². The van der Waals surface area contributed by atoms with Gasteiger partial charge in [0, 0.05) is 20.0 Å². The lowest BCUT2D eigenvalue weighted by Gasteiger charge is -2.40. The number of aliphatic hydroxyl groups is 2. The zero-order valence-corrected chi connectivity index (χ0v) is 8.30. The van der Waals surface area contributed by atoms with Gasteiger partial charge in [-0.25, -0.2) is 0 Å². The third kappa shape index (κ3) is 2.35. The van der Waals surface area contributed by atoms with E-state index in [0.717, 1.165) is 0 Å². The number of nitrogens with zero attached hydrogens (tertiary/aromatic N) is 1. The predicted molar refractivity (Wildman–Crippen MR) is 47.1 cm³/mol. The van der Waals surface area contributed by atoms with Gasteiger partial charge in [-0.15, -0.1) is 0 Å². The molecule has 0 bridgehead atoms. The molecule has 0 heterocycles. The summed E-state index contributed by atoms with van der Waals surface area (Å²) in [5, 5.41) is 27.8. The van der Waals surface area contributed by atoms with Crippen LogP contribution < -0.4 is 0 Å². The number of ether oxygens (including phenoxy) is 2. The molecule has 0 aromatic heterocycles. The summed E-state index contributed by atoms with van der Waals surface area (Å²) in [5.74, 6) is 0. The highest BCUT2D eigenvalue weighted by Crippen LogP contribution is 2.31. The first-order valence-corrected chi connectivity index (χ1v) is 4.48. The summed E-state index contributed by atoms with van der Waals surface area (Å²) in [6, 6.07) is 0. The molecule has 0 aromatic carbocycles. The lowest BCUT2D eigenvalue weighted by Crippen LogP contribution is -2.52. The number of methoxy groups -OCH3 is 1. The second-order valence-electron chi connectivity index (χ2n) is 3.92. The Bertz CT molecular complexity index is 235. The van der Waals surface area contributed by atoms with E-state index in [1.54, 1.807) is 13.2 Å².